The van der Waals surface area contributed by atoms with E-state index < -0.39 is 10.0 Å². The number of carbonyl (C=O) groups is 1. The number of sulfonamides is 1. The maximum Gasteiger partial charge on any atom is 0.270 e. The maximum atomic E-state index is 12.1. The van der Waals surface area contributed by atoms with Gasteiger partial charge in [-0.05, 0) is 26.8 Å². The third-order valence-corrected chi connectivity index (χ3v) is 3.63. The summed E-state index contributed by atoms with van der Waals surface area (Å²) < 4.78 is 24.3. The first kappa shape index (κ1) is 14.7. The zero-order valence-corrected chi connectivity index (χ0v) is 11.9. The third-order valence-electron chi connectivity index (χ3n) is 2.75. The Labute approximate surface area is 107 Å². The normalized spacial score (nSPS) is 11.9. The molecule has 1 heterocycles. The van der Waals surface area contributed by atoms with Gasteiger partial charge in [0.15, 0.2) is 0 Å². The summed E-state index contributed by atoms with van der Waals surface area (Å²) in [6, 6.07) is 1.30. The van der Waals surface area contributed by atoms with Crippen molar-refractivity contribution in [2.45, 2.75) is 31.7 Å². The highest BCUT2D eigenvalue weighted by molar-refractivity contribution is 7.89. The molecule has 0 saturated heterocycles. The van der Waals surface area contributed by atoms with Crippen molar-refractivity contribution in [3.63, 3.8) is 0 Å². The maximum absolute atomic E-state index is 12.1. The summed E-state index contributed by atoms with van der Waals surface area (Å²) in [5.74, 6) is -0.221. The lowest BCUT2D eigenvalue weighted by molar-refractivity contribution is 0.0790. The Bertz CT molecular complexity index is 546. The van der Waals surface area contributed by atoms with E-state index in [2.05, 4.69) is 0 Å². The molecule has 0 radical (unpaired) electrons. The molecule has 2 N–H and O–H groups in total. The molecule has 0 aromatic carbocycles. The highest BCUT2D eigenvalue weighted by Gasteiger charge is 2.21. The van der Waals surface area contributed by atoms with Crippen LogP contribution < -0.4 is 5.14 Å². The van der Waals surface area contributed by atoms with Gasteiger partial charge < -0.3 is 9.47 Å². The van der Waals surface area contributed by atoms with Crippen LogP contribution in [0.1, 0.15) is 37.3 Å². The number of hydrogen-bond donors (Lipinski definition) is 1. The van der Waals surface area contributed by atoms with E-state index >= 15 is 0 Å². The molecule has 0 aliphatic carbocycles. The van der Waals surface area contributed by atoms with Crippen LogP contribution in [0.2, 0.25) is 0 Å². The van der Waals surface area contributed by atoms with Crippen LogP contribution in [0.25, 0.3) is 0 Å². The van der Waals surface area contributed by atoms with E-state index in [9.17, 15) is 13.2 Å². The van der Waals surface area contributed by atoms with Crippen LogP contribution in [0, 0.1) is 0 Å². The van der Waals surface area contributed by atoms with E-state index in [0.717, 1.165) is 0 Å². The molecule has 1 aromatic rings. The Morgan fingerprint density at radius 3 is 2.44 bits per heavy atom. The van der Waals surface area contributed by atoms with Crippen molar-refractivity contribution in [2.24, 2.45) is 5.14 Å². The third kappa shape index (κ3) is 2.91. The zero-order valence-electron chi connectivity index (χ0n) is 11.0. The summed E-state index contributed by atoms with van der Waals surface area (Å²) in [4.78, 5) is 13.6. The summed E-state index contributed by atoms with van der Waals surface area (Å²) in [6.07, 6.45) is 1.40. The molecule has 6 nitrogen and oxygen atoms in total. The van der Waals surface area contributed by atoms with Crippen LogP contribution in [0.5, 0.6) is 0 Å². The largest absolute Gasteiger partial charge is 0.341 e. The van der Waals surface area contributed by atoms with E-state index in [1.165, 1.54) is 17.2 Å². The molecular weight excluding hydrogens is 254 g/mol. The number of rotatable bonds is 4. The summed E-state index contributed by atoms with van der Waals surface area (Å²) in [7, 11) is -2.13. The summed E-state index contributed by atoms with van der Waals surface area (Å²) in [6.45, 7) is 6.14. The first-order chi connectivity index (χ1) is 8.18. The number of amides is 1. The van der Waals surface area contributed by atoms with Gasteiger partial charge in [0.25, 0.3) is 5.91 Å². The monoisotopic (exact) mass is 273 g/mol. The van der Waals surface area contributed by atoms with Crippen molar-refractivity contribution in [1.29, 1.82) is 0 Å². The Morgan fingerprint density at radius 2 is 2.06 bits per heavy atom. The molecule has 1 amide bonds. The lowest BCUT2D eigenvalue weighted by Crippen LogP contribution is -2.28. The van der Waals surface area contributed by atoms with Crippen LogP contribution in [0.4, 0.5) is 0 Å². The summed E-state index contributed by atoms with van der Waals surface area (Å²) >= 11 is 0. The van der Waals surface area contributed by atoms with Gasteiger partial charge in [-0.2, -0.15) is 0 Å². The van der Waals surface area contributed by atoms with E-state index in [1.807, 2.05) is 20.8 Å². The van der Waals surface area contributed by atoms with Crippen molar-refractivity contribution in [2.75, 3.05) is 13.6 Å². The molecule has 0 bridgehead atoms. The highest BCUT2D eigenvalue weighted by Crippen LogP contribution is 2.19. The number of primary sulfonamides is 1. The van der Waals surface area contributed by atoms with Crippen LogP contribution in [0.15, 0.2) is 17.2 Å². The van der Waals surface area contributed by atoms with E-state index in [4.69, 9.17) is 5.14 Å². The van der Waals surface area contributed by atoms with E-state index in [0.29, 0.717) is 12.2 Å². The number of nitrogens with two attached hydrogens (primary N) is 1. The molecule has 1 aromatic heterocycles. The van der Waals surface area contributed by atoms with Crippen LogP contribution >= 0.6 is 0 Å². The first-order valence-corrected chi connectivity index (χ1v) is 7.23. The molecule has 0 unspecified atom stereocenters. The SMILES string of the molecule is CCN(C)C(=O)c1cc(S(N)(=O)=O)cn1C(C)C. The molecule has 102 valence electrons. The molecule has 0 aliphatic heterocycles. The van der Waals surface area contributed by atoms with Crippen molar-refractivity contribution >= 4 is 15.9 Å². The van der Waals surface area contributed by atoms with Gasteiger partial charge in [-0.1, -0.05) is 0 Å². The smallest absolute Gasteiger partial charge is 0.270 e. The van der Waals surface area contributed by atoms with Crippen LogP contribution in [-0.2, 0) is 10.0 Å². The van der Waals surface area contributed by atoms with Gasteiger partial charge in [0.05, 0.1) is 0 Å². The second-order valence-corrected chi connectivity index (χ2v) is 5.99. The molecule has 7 heteroatoms. The predicted molar refractivity (Wildman–Crippen MR) is 68.8 cm³/mol. The van der Waals surface area contributed by atoms with Gasteiger partial charge >= 0.3 is 0 Å². The molecular formula is C11H19N3O3S. The van der Waals surface area contributed by atoms with Crippen molar-refractivity contribution in [1.82, 2.24) is 9.47 Å². The fourth-order valence-electron chi connectivity index (χ4n) is 1.55. The van der Waals surface area contributed by atoms with Gasteiger partial charge in [0, 0.05) is 25.8 Å². The van der Waals surface area contributed by atoms with E-state index in [-0.39, 0.29) is 16.8 Å². The quantitative estimate of drug-likeness (QED) is 0.880. The Balaban J connectivity index is 3.34. The molecule has 0 spiro atoms. The number of nitrogens with zero attached hydrogens (tertiary/aromatic N) is 2. The average Bonchev–Trinajstić information content (AvgIpc) is 2.71. The van der Waals surface area contributed by atoms with Gasteiger partial charge in [-0.15, -0.1) is 0 Å². The lowest BCUT2D eigenvalue weighted by Gasteiger charge is -2.17. The van der Waals surface area contributed by atoms with Crippen molar-refractivity contribution < 1.29 is 13.2 Å². The van der Waals surface area contributed by atoms with Crippen LogP contribution in [0.3, 0.4) is 0 Å². The highest BCUT2D eigenvalue weighted by atomic mass is 32.2. The molecule has 0 saturated carbocycles. The fourth-order valence-corrected chi connectivity index (χ4v) is 2.08. The molecule has 1 rings (SSSR count). The van der Waals surface area contributed by atoms with Gasteiger partial charge in [-0.25, -0.2) is 13.6 Å². The molecule has 18 heavy (non-hydrogen) atoms. The number of carbonyl (C=O) groups excluding carboxylic acids is 1. The Morgan fingerprint density at radius 1 is 1.50 bits per heavy atom. The predicted octanol–water partition coefficient (Wildman–Crippen LogP) is 0.808. The van der Waals surface area contributed by atoms with Gasteiger partial charge in [0.1, 0.15) is 10.6 Å². The van der Waals surface area contributed by atoms with Gasteiger partial charge in [-0.3, -0.25) is 4.79 Å². The second kappa shape index (κ2) is 5.11. The Hall–Kier alpha value is -1.34. The van der Waals surface area contributed by atoms with Crippen molar-refractivity contribution in [3.05, 3.63) is 18.0 Å². The Kier molecular flexibility index (Phi) is 4.18. The van der Waals surface area contributed by atoms with Crippen LogP contribution in [-0.4, -0.2) is 37.4 Å². The standard InChI is InChI=1S/C11H19N3O3S/c1-5-13(4)11(15)10-6-9(18(12,16)17)7-14(10)8(2)3/h6-8H,5H2,1-4H3,(H2,12,16,17). The second-order valence-electron chi connectivity index (χ2n) is 4.43. The average molecular weight is 273 g/mol. The minimum Gasteiger partial charge on any atom is -0.341 e. The minimum atomic E-state index is -3.80. The topological polar surface area (TPSA) is 85.4 Å². The molecule has 0 aliphatic rings. The lowest BCUT2D eigenvalue weighted by atomic mass is 10.3. The summed E-state index contributed by atoms with van der Waals surface area (Å²) in [5.41, 5.74) is 0.332. The zero-order chi connectivity index (χ0) is 14.1. The summed E-state index contributed by atoms with van der Waals surface area (Å²) in [5, 5.41) is 5.08. The van der Waals surface area contributed by atoms with Crippen molar-refractivity contribution in [3.8, 4) is 0 Å². The fraction of sp³-hybridized carbons (Fsp3) is 0.545. The molecule has 0 atom stereocenters. The first-order valence-electron chi connectivity index (χ1n) is 5.68. The number of aromatic nitrogens is 1. The minimum absolute atomic E-state index is 0.0234. The van der Waals surface area contributed by atoms with Gasteiger partial charge in [0.2, 0.25) is 10.0 Å². The number of hydrogen-bond acceptors (Lipinski definition) is 3. The molecule has 0 fully saturated rings. The van der Waals surface area contributed by atoms with E-state index in [1.54, 1.807) is 11.6 Å².